The summed E-state index contributed by atoms with van der Waals surface area (Å²) in [6, 6.07) is 2.31. The fraction of sp³-hybridized carbons (Fsp3) is 0.643. The molecule has 0 radical (unpaired) electrons. The van der Waals surface area contributed by atoms with Gasteiger partial charge in [0.15, 0.2) is 0 Å². The van der Waals surface area contributed by atoms with Crippen molar-refractivity contribution in [1.82, 2.24) is 15.2 Å². The summed E-state index contributed by atoms with van der Waals surface area (Å²) < 4.78 is 1.93. The average Bonchev–Trinajstić information content (AvgIpc) is 2.74. The minimum absolute atomic E-state index is 0.0848. The number of aromatic nitrogens is 1. The molecule has 4 heteroatoms. The molecule has 0 aliphatic heterocycles. The van der Waals surface area contributed by atoms with E-state index in [1.54, 1.807) is 0 Å². The van der Waals surface area contributed by atoms with Gasteiger partial charge in [-0.3, -0.25) is 4.79 Å². The topological polar surface area (TPSA) is 46.1 Å². The normalized spacial score (nSPS) is 12.4. The molecule has 0 spiro atoms. The fourth-order valence-corrected chi connectivity index (χ4v) is 1.95. The molecule has 18 heavy (non-hydrogen) atoms. The van der Waals surface area contributed by atoms with E-state index >= 15 is 0 Å². The van der Waals surface area contributed by atoms with Crippen molar-refractivity contribution in [3.05, 3.63) is 24.0 Å². The molecule has 102 valence electrons. The summed E-state index contributed by atoms with van der Waals surface area (Å²) in [4.78, 5) is 11.8. The molecule has 0 aliphatic rings. The molecule has 1 atom stereocenters. The second-order valence-electron chi connectivity index (χ2n) is 4.73. The lowest BCUT2D eigenvalue weighted by atomic mass is 10.2. The van der Waals surface area contributed by atoms with Gasteiger partial charge in [0.25, 0.3) is 0 Å². The van der Waals surface area contributed by atoms with E-state index in [9.17, 15) is 4.79 Å². The Morgan fingerprint density at radius 2 is 2.22 bits per heavy atom. The zero-order chi connectivity index (χ0) is 13.4. The number of carbonyl (C=O) groups excluding carboxylic acids is 1. The molecule has 0 saturated heterocycles. The molecule has 0 fully saturated rings. The quantitative estimate of drug-likeness (QED) is 0.741. The maximum atomic E-state index is 11.8. The molecule has 1 rings (SSSR count). The van der Waals surface area contributed by atoms with Crippen LogP contribution in [0.5, 0.6) is 0 Å². The van der Waals surface area contributed by atoms with Gasteiger partial charge in [-0.2, -0.15) is 0 Å². The highest BCUT2D eigenvalue weighted by Crippen LogP contribution is 2.01. The van der Waals surface area contributed by atoms with E-state index < -0.39 is 0 Å². The van der Waals surface area contributed by atoms with Crippen LogP contribution in [0.2, 0.25) is 0 Å². The van der Waals surface area contributed by atoms with Crippen LogP contribution in [0.3, 0.4) is 0 Å². The Bertz CT molecular complexity index is 360. The van der Waals surface area contributed by atoms with Crippen LogP contribution in [0.25, 0.3) is 0 Å². The van der Waals surface area contributed by atoms with Crippen LogP contribution >= 0.6 is 0 Å². The fourth-order valence-electron chi connectivity index (χ4n) is 1.95. The lowest BCUT2D eigenvalue weighted by Crippen LogP contribution is -2.34. The van der Waals surface area contributed by atoms with Gasteiger partial charge in [-0.05, 0) is 31.5 Å². The lowest BCUT2D eigenvalue weighted by molar-refractivity contribution is -0.122. The predicted octanol–water partition coefficient (Wildman–Crippen LogP) is 1.90. The molecule has 1 aromatic heterocycles. The Kier molecular flexibility index (Phi) is 6.50. The lowest BCUT2D eigenvalue weighted by Gasteiger charge is -2.12. The summed E-state index contributed by atoms with van der Waals surface area (Å²) >= 11 is 0. The largest absolute Gasteiger partial charge is 0.352 e. The van der Waals surface area contributed by atoms with Crippen LogP contribution in [0.1, 0.15) is 39.2 Å². The first-order valence-electron chi connectivity index (χ1n) is 6.80. The maximum absolute atomic E-state index is 11.8. The van der Waals surface area contributed by atoms with E-state index in [2.05, 4.69) is 24.5 Å². The number of amides is 1. The number of nitrogens with zero attached hydrogens (tertiary/aromatic N) is 1. The van der Waals surface area contributed by atoms with Gasteiger partial charge in [0, 0.05) is 25.0 Å². The average molecular weight is 251 g/mol. The molecule has 1 heterocycles. The molecular weight excluding hydrogens is 226 g/mol. The number of hydrogen-bond acceptors (Lipinski definition) is 2. The molecule has 1 unspecified atom stereocenters. The standard InChI is InChI=1S/C14H25N3O/c1-4-6-12(3)16-14(18)11-17-8-7-13(10-17)9-15-5-2/h7-8,10,12,15H,4-6,9,11H2,1-3H3,(H,16,18). The summed E-state index contributed by atoms with van der Waals surface area (Å²) in [5.74, 6) is 0.0848. The van der Waals surface area contributed by atoms with Gasteiger partial charge in [-0.1, -0.05) is 20.3 Å². The maximum Gasteiger partial charge on any atom is 0.240 e. The van der Waals surface area contributed by atoms with E-state index in [-0.39, 0.29) is 11.9 Å². The summed E-state index contributed by atoms with van der Waals surface area (Å²) in [5, 5.41) is 6.27. The predicted molar refractivity (Wildman–Crippen MR) is 74.3 cm³/mol. The number of rotatable bonds is 8. The van der Waals surface area contributed by atoms with E-state index in [1.165, 1.54) is 5.56 Å². The Labute approximate surface area is 110 Å². The SMILES string of the molecule is CCCC(C)NC(=O)Cn1ccc(CNCC)c1. The molecular formula is C14H25N3O. The molecule has 2 N–H and O–H groups in total. The highest BCUT2D eigenvalue weighted by molar-refractivity contribution is 5.76. The Morgan fingerprint density at radius 1 is 1.44 bits per heavy atom. The minimum Gasteiger partial charge on any atom is -0.352 e. The summed E-state index contributed by atoms with van der Waals surface area (Å²) in [7, 11) is 0. The van der Waals surface area contributed by atoms with Crippen molar-refractivity contribution in [3.63, 3.8) is 0 Å². The molecule has 0 aliphatic carbocycles. The van der Waals surface area contributed by atoms with Gasteiger partial charge in [-0.25, -0.2) is 0 Å². The van der Waals surface area contributed by atoms with Gasteiger partial charge in [0.1, 0.15) is 6.54 Å². The van der Waals surface area contributed by atoms with Crippen LogP contribution in [-0.2, 0) is 17.9 Å². The number of nitrogens with one attached hydrogen (secondary N) is 2. The number of hydrogen-bond donors (Lipinski definition) is 2. The van der Waals surface area contributed by atoms with Crippen LogP contribution in [0.4, 0.5) is 0 Å². The zero-order valence-electron chi connectivity index (χ0n) is 11.7. The van der Waals surface area contributed by atoms with Crippen molar-refractivity contribution in [2.45, 2.75) is 52.7 Å². The van der Waals surface area contributed by atoms with Gasteiger partial charge in [0.05, 0.1) is 0 Å². The van der Waals surface area contributed by atoms with E-state index in [0.29, 0.717) is 6.54 Å². The van der Waals surface area contributed by atoms with Crippen molar-refractivity contribution in [1.29, 1.82) is 0 Å². The van der Waals surface area contributed by atoms with Crippen molar-refractivity contribution in [2.75, 3.05) is 6.54 Å². The monoisotopic (exact) mass is 251 g/mol. The van der Waals surface area contributed by atoms with Crippen molar-refractivity contribution in [2.24, 2.45) is 0 Å². The molecule has 0 bridgehead atoms. The van der Waals surface area contributed by atoms with Gasteiger partial charge >= 0.3 is 0 Å². The number of carbonyl (C=O) groups is 1. The first kappa shape index (κ1) is 14.8. The van der Waals surface area contributed by atoms with Crippen LogP contribution in [0.15, 0.2) is 18.5 Å². The summed E-state index contributed by atoms with van der Waals surface area (Å²) in [6.07, 6.45) is 6.10. The molecule has 0 saturated carbocycles. The Morgan fingerprint density at radius 3 is 2.89 bits per heavy atom. The summed E-state index contributed by atoms with van der Waals surface area (Å²) in [5.41, 5.74) is 1.21. The first-order valence-corrected chi connectivity index (χ1v) is 6.80. The van der Waals surface area contributed by atoms with E-state index in [0.717, 1.165) is 25.9 Å². The second kappa shape index (κ2) is 7.93. The molecule has 4 nitrogen and oxygen atoms in total. The minimum atomic E-state index is 0.0848. The zero-order valence-corrected chi connectivity index (χ0v) is 11.7. The third-order valence-electron chi connectivity index (χ3n) is 2.85. The first-order chi connectivity index (χ1) is 8.65. The van der Waals surface area contributed by atoms with Crippen molar-refractivity contribution < 1.29 is 4.79 Å². The Balaban J connectivity index is 2.37. The van der Waals surface area contributed by atoms with Gasteiger partial charge in [-0.15, -0.1) is 0 Å². The summed E-state index contributed by atoms with van der Waals surface area (Å²) in [6.45, 7) is 8.48. The van der Waals surface area contributed by atoms with Crippen LogP contribution in [0, 0.1) is 0 Å². The highest BCUT2D eigenvalue weighted by Gasteiger charge is 2.07. The van der Waals surface area contributed by atoms with Crippen LogP contribution < -0.4 is 10.6 Å². The van der Waals surface area contributed by atoms with Crippen molar-refractivity contribution >= 4 is 5.91 Å². The third kappa shape index (κ3) is 5.36. The smallest absolute Gasteiger partial charge is 0.240 e. The second-order valence-corrected chi connectivity index (χ2v) is 4.73. The third-order valence-corrected chi connectivity index (χ3v) is 2.85. The molecule has 0 aromatic carbocycles. The molecule has 1 aromatic rings. The van der Waals surface area contributed by atoms with Crippen molar-refractivity contribution in [3.8, 4) is 0 Å². The molecule has 1 amide bonds. The van der Waals surface area contributed by atoms with E-state index in [4.69, 9.17) is 0 Å². The van der Waals surface area contributed by atoms with Crippen LogP contribution in [-0.4, -0.2) is 23.1 Å². The van der Waals surface area contributed by atoms with Gasteiger partial charge in [0.2, 0.25) is 5.91 Å². The van der Waals surface area contributed by atoms with E-state index in [1.807, 2.05) is 30.0 Å². The van der Waals surface area contributed by atoms with Gasteiger partial charge < -0.3 is 15.2 Å². The Hall–Kier alpha value is -1.29. The highest BCUT2D eigenvalue weighted by atomic mass is 16.2.